The van der Waals surface area contributed by atoms with Crippen molar-refractivity contribution in [2.24, 2.45) is 0 Å². The van der Waals surface area contributed by atoms with E-state index in [1.54, 1.807) is 11.8 Å². The minimum Gasteiger partial charge on any atom is -0.452 e. The van der Waals surface area contributed by atoms with Gasteiger partial charge >= 0.3 is 5.97 Å². The summed E-state index contributed by atoms with van der Waals surface area (Å²) in [5.74, 6) is -0.0130. The highest BCUT2D eigenvalue weighted by Gasteiger charge is 2.09. The van der Waals surface area contributed by atoms with Gasteiger partial charge in [0.2, 0.25) is 0 Å². The lowest BCUT2D eigenvalue weighted by molar-refractivity contribution is -0.124. The van der Waals surface area contributed by atoms with Crippen LogP contribution in [0.3, 0.4) is 0 Å². The van der Waals surface area contributed by atoms with Crippen molar-refractivity contribution in [1.29, 1.82) is 5.26 Å². The lowest BCUT2D eigenvalue weighted by Gasteiger charge is -2.07. The molecule has 0 aliphatic heterocycles. The molecule has 2 rings (SSSR count). The van der Waals surface area contributed by atoms with Gasteiger partial charge in [-0.25, -0.2) is 4.79 Å². The molecule has 0 spiro atoms. The number of hydrogen-bond donors (Lipinski definition) is 1. The molecule has 0 atom stereocenters. The zero-order valence-electron chi connectivity index (χ0n) is 13.6. The van der Waals surface area contributed by atoms with Crippen LogP contribution in [0.2, 0.25) is 0 Å². The van der Waals surface area contributed by atoms with Crippen molar-refractivity contribution < 1.29 is 14.3 Å². The second-order valence-corrected chi connectivity index (χ2v) is 6.30. The summed E-state index contributed by atoms with van der Waals surface area (Å²) in [6.07, 6.45) is 0.828. The van der Waals surface area contributed by atoms with Crippen molar-refractivity contribution in [3.8, 4) is 6.07 Å². The van der Waals surface area contributed by atoms with Gasteiger partial charge in [-0.2, -0.15) is 5.26 Å². The minimum absolute atomic E-state index is 0.311. The first kappa shape index (κ1) is 18.6. The van der Waals surface area contributed by atoms with Gasteiger partial charge < -0.3 is 10.1 Å². The molecule has 0 unspecified atom stereocenters. The van der Waals surface area contributed by atoms with Gasteiger partial charge in [0.15, 0.2) is 6.61 Å². The third-order valence-electron chi connectivity index (χ3n) is 3.24. The van der Waals surface area contributed by atoms with Gasteiger partial charge in [-0.15, -0.1) is 11.8 Å². The number of carbonyl (C=O) groups excluding carboxylic acids is 2. The highest BCUT2D eigenvalue weighted by Crippen LogP contribution is 2.17. The summed E-state index contributed by atoms with van der Waals surface area (Å²) in [6.45, 7) is 0.220. The van der Waals surface area contributed by atoms with E-state index >= 15 is 0 Å². The maximum Gasteiger partial charge on any atom is 0.338 e. The number of thioether (sulfide) groups is 1. The Morgan fingerprint density at radius 1 is 1.08 bits per heavy atom. The molecule has 0 aliphatic rings. The summed E-state index contributed by atoms with van der Waals surface area (Å²) in [4.78, 5) is 24.7. The normalized spacial score (nSPS) is 9.88. The zero-order valence-corrected chi connectivity index (χ0v) is 14.4. The number of ether oxygens (including phenoxy) is 1. The average Bonchev–Trinajstić information content (AvgIpc) is 2.66. The number of rotatable bonds is 8. The first-order valence-corrected chi connectivity index (χ1v) is 8.79. The largest absolute Gasteiger partial charge is 0.452 e. The van der Waals surface area contributed by atoms with Crippen LogP contribution in [0, 0.1) is 11.3 Å². The predicted octanol–water partition coefficient (Wildman–Crippen LogP) is 3.01. The summed E-state index contributed by atoms with van der Waals surface area (Å²) in [6, 6.07) is 18.1. The first-order valence-electron chi connectivity index (χ1n) is 7.81. The number of hydrogen-bond acceptors (Lipinski definition) is 5. The highest BCUT2D eigenvalue weighted by atomic mass is 32.2. The summed E-state index contributed by atoms with van der Waals surface area (Å²) in [5.41, 5.74) is 0.772. The van der Waals surface area contributed by atoms with Gasteiger partial charge in [-0.1, -0.05) is 18.2 Å². The molecule has 6 heteroatoms. The Balaban J connectivity index is 1.60. The van der Waals surface area contributed by atoms with Crippen molar-refractivity contribution in [3.63, 3.8) is 0 Å². The van der Waals surface area contributed by atoms with E-state index < -0.39 is 5.97 Å². The summed E-state index contributed by atoms with van der Waals surface area (Å²) >= 11 is 1.73. The Hall–Kier alpha value is -2.78. The fourth-order valence-electron chi connectivity index (χ4n) is 1.95. The summed E-state index contributed by atoms with van der Waals surface area (Å²) < 4.78 is 4.95. The molecule has 1 N–H and O–H groups in total. The van der Waals surface area contributed by atoms with Gasteiger partial charge in [0.05, 0.1) is 17.2 Å². The zero-order chi connectivity index (χ0) is 17.9. The van der Waals surface area contributed by atoms with Gasteiger partial charge in [0.25, 0.3) is 5.91 Å². The Kier molecular flexibility index (Phi) is 7.54. The van der Waals surface area contributed by atoms with Gasteiger partial charge in [0, 0.05) is 11.4 Å². The molecule has 2 aromatic carbocycles. The molecule has 0 saturated carbocycles. The molecule has 0 aromatic heterocycles. The van der Waals surface area contributed by atoms with Crippen LogP contribution in [0.15, 0.2) is 59.5 Å². The molecule has 1 amide bonds. The SMILES string of the molecule is N#Cc1ccc(C(=O)OCC(=O)NCCCSc2ccccc2)cc1. The van der Waals surface area contributed by atoms with E-state index in [0.29, 0.717) is 17.7 Å². The number of nitriles is 1. The minimum atomic E-state index is -0.584. The second kappa shape index (κ2) is 10.2. The van der Waals surface area contributed by atoms with Crippen LogP contribution in [0.25, 0.3) is 0 Å². The molecule has 0 aliphatic carbocycles. The topological polar surface area (TPSA) is 79.2 Å². The van der Waals surface area contributed by atoms with E-state index in [1.165, 1.54) is 29.2 Å². The third kappa shape index (κ3) is 6.69. The van der Waals surface area contributed by atoms with Gasteiger partial charge in [0.1, 0.15) is 0 Å². The lowest BCUT2D eigenvalue weighted by Crippen LogP contribution is -2.29. The molecule has 2 aromatic rings. The molecule has 0 saturated heterocycles. The van der Waals surface area contributed by atoms with E-state index in [9.17, 15) is 9.59 Å². The average molecular weight is 354 g/mol. The Bertz CT molecular complexity index is 740. The summed E-state index contributed by atoms with van der Waals surface area (Å²) in [7, 11) is 0. The molecule has 0 fully saturated rings. The number of carbonyl (C=O) groups is 2. The van der Waals surface area contributed by atoms with Crippen molar-refractivity contribution in [2.75, 3.05) is 18.9 Å². The van der Waals surface area contributed by atoms with Crippen LogP contribution in [-0.2, 0) is 9.53 Å². The van der Waals surface area contributed by atoms with Crippen LogP contribution >= 0.6 is 11.8 Å². The van der Waals surface area contributed by atoms with Crippen molar-refractivity contribution >= 4 is 23.6 Å². The molecule has 0 radical (unpaired) electrons. The van der Waals surface area contributed by atoms with E-state index in [0.717, 1.165) is 12.2 Å². The maximum absolute atomic E-state index is 11.8. The fourth-order valence-corrected chi connectivity index (χ4v) is 2.83. The molecule has 0 bridgehead atoms. The molecular weight excluding hydrogens is 336 g/mol. The highest BCUT2D eigenvalue weighted by molar-refractivity contribution is 7.99. The van der Waals surface area contributed by atoms with Gasteiger partial charge in [-0.3, -0.25) is 4.79 Å². The molecular formula is C19H18N2O3S. The number of benzene rings is 2. The van der Waals surface area contributed by atoms with Crippen molar-refractivity contribution in [3.05, 3.63) is 65.7 Å². The second-order valence-electron chi connectivity index (χ2n) is 5.13. The third-order valence-corrected chi connectivity index (χ3v) is 4.34. The van der Waals surface area contributed by atoms with Crippen LogP contribution in [0.1, 0.15) is 22.3 Å². The molecule has 25 heavy (non-hydrogen) atoms. The van der Waals surface area contributed by atoms with Gasteiger partial charge in [-0.05, 0) is 48.6 Å². The van der Waals surface area contributed by atoms with E-state index in [2.05, 4.69) is 5.32 Å². The standard InChI is InChI=1S/C19H18N2O3S/c20-13-15-7-9-16(10-8-15)19(23)24-14-18(22)21-11-4-12-25-17-5-2-1-3-6-17/h1-3,5-10H,4,11-12,14H2,(H,21,22). The predicted molar refractivity (Wildman–Crippen MR) is 96.2 cm³/mol. The number of nitrogens with one attached hydrogen (secondary N) is 1. The molecule has 5 nitrogen and oxygen atoms in total. The van der Waals surface area contributed by atoms with Crippen molar-refractivity contribution in [1.82, 2.24) is 5.32 Å². The monoisotopic (exact) mass is 354 g/mol. The quantitative estimate of drug-likeness (QED) is 0.448. The van der Waals surface area contributed by atoms with E-state index in [4.69, 9.17) is 10.00 Å². The fraction of sp³-hybridized carbons (Fsp3) is 0.211. The lowest BCUT2D eigenvalue weighted by atomic mass is 10.1. The van der Waals surface area contributed by atoms with Crippen LogP contribution < -0.4 is 5.32 Å². The van der Waals surface area contributed by atoms with E-state index in [1.807, 2.05) is 36.4 Å². The Morgan fingerprint density at radius 2 is 1.80 bits per heavy atom. The number of nitrogens with zero attached hydrogens (tertiary/aromatic N) is 1. The summed E-state index contributed by atoms with van der Waals surface area (Å²) in [5, 5.41) is 11.4. The number of esters is 1. The van der Waals surface area contributed by atoms with Crippen LogP contribution in [0.4, 0.5) is 0 Å². The van der Waals surface area contributed by atoms with Crippen LogP contribution in [0.5, 0.6) is 0 Å². The molecule has 128 valence electrons. The van der Waals surface area contributed by atoms with E-state index in [-0.39, 0.29) is 12.5 Å². The first-order chi connectivity index (χ1) is 12.2. The molecule has 0 heterocycles. The Labute approximate surface area is 151 Å². The van der Waals surface area contributed by atoms with Crippen LogP contribution in [-0.4, -0.2) is 30.8 Å². The number of amides is 1. The Morgan fingerprint density at radius 3 is 2.48 bits per heavy atom. The maximum atomic E-state index is 11.8. The van der Waals surface area contributed by atoms with Crippen molar-refractivity contribution in [2.45, 2.75) is 11.3 Å². The smallest absolute Gasteiger partial charge is 0.338 e.